The van der Waals surface area contributed by atoms with Crippen LogP contribution in [0.15, 0.2) is 12.2 Å². The van der Waals surface area contributed by atoms with Gasteiger partial charge in [-0.3, -0.25) is 4.79 Å². The molecule has 2 heteroatoms. The van der Waals surface area contributed by atoms with Crippen molar-refractivity contribution in [1.29, 1.82) is 0 Å². The third-order valence-electron chi connectivity index (χ3n) is 2.36. The van der Waals surface area contributed by atoms with Gasteiger partial charge in [-0.15, -0.1) is 0 Å². The molecule has 0 N–H and O–H groups in total. The normalized spacial score (nSPS) is 23.4. The molecule has 0 amide bonds. The highest BCUT2D eigenvalue weighted by Crippen LogP contribution is 2.29. The SMILES string of the molecule is C=C1CCCC(C(=O)OC(C)(C)C)C1. The lowest BCUT2D eigenvalue weighted by molar-refractivity contribution is -0.160. The van der Waals surface area contributed by atoms with Crippen molar-refractivity contribution in [1.82, 2.24) is 0 Å². The molecule has 0 saturated heterocycles. The summed E-state index contributed by atoms with van der Waals surface area (Å²) in [5, 5.41) is 0. The number of hydrogen-bond donors (Lipinski definition) is 0. The zero-order valence-electron chi connectivity index (χ0n) is 9.43. The van der Waals surface area contributed by atoms with Crippen molar-refractivity contribution in [3.63, 3.8) is 0 Å². The second-order valence-electron chi connectivity index (χ2n) is 5.08. The predicted molar refractivity (Wildman–Crippen MR) is 56.9 cm³/mol. The highest BCUT2D eigenvalue weighted by atomic mass is 16.6. The van der Waals surface area contributed by atoms with Crippen molar-refractivity contribution in [2.45, 2.75) is 52.1 Å². The van der Waals surface area contributed by atoms with Gasteiger partial charge in [0.2, 0.25) is 0 Å². The molecule has 1 atom stereocenters. The van der Waals surface area contributed by atoms with Crippen LogP contribution in [0.25, 0.3) is 0 Å². The Morgan fingerprint density at radius 2 is 2.14 bits per heavy atom. The minimum absolute atomic E-state index is 0.0514. The van der Waals surface area contributed by atoms with E-state index >= 15 is 0 Å². The summed E-state index contributed by atoms with van der Waals surface area (Å²) in [5.74, 6) is -0.00572. The molecule has 0 aromatic carbocycles. The fourth-order valence-corrected chi connectivity index (χ4v) is 1.74. The van der Waals surface area contributed by atoms with Crippen LogP contribution in [0.1, 0.15) is 46.5 Å². The molecule has 1 unspecified atom stereocenters. The van der Waals surface area contributed by atoms with Crippen LogP contribution in [0.4, 0.5) is 0 Å². The van der Waals surface area contributed by atoms with Gasteiger partial charge in [-0.25, -0.2) is 0 Å². The van der Waals surface area contributed by atoms with Crippen LogP contribution in [0.3, 0.4) is 0 Å². The molecular formula is C12H20O2. The van der Waals surface area contributed by atoms with Crippen molar-refractivity contribution in [2.24, 2.45) is 5.92 Å². The van der Waals surface area contributed by atoms with Crippen LogP contribution < -0.4 is 0 Å². The maximum absolute atomic E-state index is 11.7. The van der Waals surface area contributed by atoms with Crippen LogP contribution in [0.5, 0.6) is 0 Å². The number of carbonyl (C=O) groups is 1. The van der Waals surface area contributed by atoms with E-state index in [9.17, 15) is 4.79 Å². The Morgan fingerprint density at radius 1 is 1.50 bits per heavy atom. The Hall–Kier alpha value is -0.790. The van der Waals surface area contributed by atoms with Gasteiger partial charge in [0.15, 0.2) is 0 Å². The fourth-order valence-electron chi connectivity index (χ4n) is 1.74. The Balaban J connectivity index is 2.48. The molecule has 0 aromatic heterocycles. The number of hydrogen-bond acceptors (Lipinski definition) is 2. The standard InChI is InChI=1S/C12H20O2/c1-9-6-5-7-10(8-9)11(13)14-12(2,3)4/h10H,1,5-8H2,2-4H3. The molecule has 0 radical (unpaired) electrons. The van der Waals surface area contributed by atoms with Gasteiger partial charge < -0.3 is 4.74 Å². The van der Waals surface area contributed by atoms with Crippen LogP contribution in [0, 0.1) is 5.92 Å². The average Bonchev–Trinajstić information content (AvgIpc) is 2.01. The number of esters is 1. The molecule has 0 aliphatic heterocycles. The van der Waals surface area contributed by atoms with Crippen LogP contribution in [-0.4, -0.2) is 11.6 Å². The molecule has 1 aliphatic carbocycles. The highest BCUT2D eigenvalue weighted by molar-refractivity contribution is 5.73. The van der Waals surface area contributed by atoms with E-state index in [1.807, 2.05) is 20.8 Å². The van der Waals surface area contributed by atoms with Crippen molar-refractivity contribution in [2.75, 3.05) is 0 Å². The largest absolute Gasteiger partial charge is 0.460 e. The van der Waals surface area contributed by atoms with Crippen LogP contribution in [0.2, 0.25) is 0 Å². The third kappa shape index (κ3) is 3.52. The van der Waals surface area contributed by atoms with Crippen LogP contribution >= 0.6 is 0 Å². The summed E-state index contributed by atoms with van der Waals surface area (Å²) in [4.78, 5) is 11.7. The zero-order chi connectivity index (χ0) is 10.8. The van der Waals surface area contributed by atoms with E-state index in [4.69, 9.17) is 4.74 Å². The molecule has 1 aliphatic rings. The van der Waals surface area contributed by atoms with Crippen molar-refractivity contribution < 1.29 is 9.53 Å². The Bertz CT molecular complexity index is 235. The molecule has 0 heterocycles. The minimum Gasteiger partial charge on any atom is -0.460 e. The number of carbonyl (C=O) groups excluding carboxylic acids is 1. The van der Waals surface area contributed by atoms with Gasteiger partial charge in [0, 0.05) is 0 Å². The average molecular weight is 196 g/mol. The van der Waals surface area contributed by atoms with Crippen molar-refractivity contribution in [3.8, 4) is 0 Å². The van der Waals surface area contributed by atoms with E-state index in [2.05, 4.69) is 6.58 Å². The summed E-state index contributed by atoms with van der Waals surface area (Å²) in [6.07, 6.45) is 3.91. The van der Waals surface area contributed by atoms with Gasteiger partial charge in [-0.1, -0.05) is 12.2 Å². The molecule has 1 fully saturated rings. The molecule has 2 nitrogen and oxygen atoms in total. The molecular weight excluding hydrogens is 176 g/mol. The van der Waals surface area contributed by atoms with E-state index in [1.54, 1.807) is 0 Å². The summed E-state index contributed by atoms with van der Waals surface area (Å²) >= 11 is 0. The summed E-state index contributed by atoms with van der Waals surface area (Å²) in [6, 6.07) is 0. The first-order valence-electron chi connectivity index (χ1n) is 5.28. The quantitative estimate of drug-likeness (QED) is 0.476. The Morgan fingerprint density at radius 3 is 2.64 bits per heavy atom. The lowest BCUT2D eigenvalue weighted by atomic mass is 9.86. The monoisotopic (exact) mass is 196 g/mol. The van der Waals surface area contributed by atoms with E-state index in [0.29, 0.717) is 0 Å². The topological polar surface area (TPSA) is 26.3 Å². The second-order valence-corrected chi connectivity index (χ2v) is 5.08. The fraction of sp³-hybridized carbons (Fsp3) is 0.750. The number of ether oxygens (including phenoxy) is 1. The summed E-state index contributed by atoms with van der Waals surface area (Å²) < 4.78 is 5.35. The zero-order valence-corrected chi connectivity index (χ0v) is 9.43. The summed E-state index contributed by atoms with van der Waals surface area (Å²) in [5.41, 5.74) is 0.822. The van der Waals surface area contributed by atoms with Gasteiger partial charge >= 0.3 is 5.97 Å². The van der Waals surface area contributed by atoms with E-state index < -0.39 is 0 Å². The van der Waals surface area contributed by atoms with E-state index in [1.165, 1.54) is 5.57 Å². The number of allylic oxidation sites excluding steroid dienone is 1. The predicted octanol–water partition coefficient (Wildman–Crippen LogP) is 3.07. The van der Waals surface area contributed by atoms with Gasteiger partial charge in [0.25, 0.3) is 0 Å². The lowest BCUT2D eigenvalue weighted by Gasteiger charge is -2.26. The molecule has 0 aromatic rings. The highest BCUT2D eigenvalue weighted by Gasteiger charge is 2.27. The third-order valence-corrected chi connectivity index (χ3v) is 2.36. The lowest BCUT2D eigenvalue weighted by Crippen LogP contribution is -2.30. The maximum Gasteiger partial charge on any atom is 0.309 e. The second kappa shape index (κ2) is 4.16. The molecule has 0 bridgehead atoms. The molecule has 1 rings (SSSR count). The van der Waals surface area contributed by atoms with Crippen molar-refractivity contribution in [3.05, 3.63) is 12.2 Å². The first kappa shape index (κ1) is 11.3. The van der Waals surface area contributed by atoms with Gasteiger partial charge in [-0.05, 0) is 46.5 Å². The van der Waals surface area contributed by atoms with Gasteiger partial charge in [-0.2, -0.15) is 0 Å². The van der Waals surface area contributed by atoms with E-state index in [-0.39, 0.29) is 17.5 Å². The van der Waals surface area contributed by atoms with Gasteiger partial charge in [0.05, 0.1) is 5.92 Å². The minimum atomic E-state index is -0.365. The first-order chi connectivity index (χ1) is 6.38. The van der Waals surface area contributed by atoms with Gasteiger partial charge in [0.1, 0.15) is 5.60 Å². The van der Waals surface area contributed by atoms with Crippen molar-refractivity contribution >= 4 is 5.97 Å². The first-order valence-corrected chi connectivity index (χ1v) is 5.28. The van der Waals surface area contributed by atoms with E-state index in [0.717, 1.165) is 25.7 Å². The molecule has 0 spiro atoms. The Kier molecular flexibility index (Phi) is 3.35. The number of rotatable bonds is 1. The summed E-state index contributed by atoms with van der Waals surface area (Å²) in [6.45, 7) is 9.65. The smallest absolute Gasteiger partial charge is 0.309 e. The Labute approximate surface area is 86.3 Å². The molecule has 14 heavy (non-hydrogen) atoms. The van der Waals surface area contributed by atoms with Crippen LogP contribution in [-0.2, 0) is 9.53 Å². The maximum atomic E-state index is 11.7. The molecule has 1 saturated carbocycles. The molecule has 80 valence electrons. The summed E-state index contributed by atoms with van der Waals surface area (Å²) in [7, 11) is 0.